The van der Waals surface area contributed by atoms with Gasteiger partial charge in [0.25, 0.3) is 5.91 Å². The summed E-state index contributed by atoms with van der Waals surface area (Å²) in [4.78, 5) is 16.1. The van der Waals surface area contributed by atoms with Gasteiger partial charge in [0.05, 0.1) is 17.9 Å². The summed E-state index contributed by atoms with van der Waals surface area (Å²) < 4.78 is 16.3. The maximum atomic E-state index is 13.5. The number of hydrogen-bond donors (Lipinski definition) is 1. The van der Waals surface area contributed by atoms with E-state index >= 15 is 0 Å². The SMILES string of the molecule is C=S1NC(=O)c2ccc3c(c2)N(CC(c2ccc(Cl)cc2CCC)CO3)CC2CCC2C(CC)(OC)CCCC(C)C1C. The molecule has 2 aromatic rings. The number of aryl methyl sites for hydroxylation is 1. The van der Waals surface area contributed by atoms with Crippen molar-refractivity contribution in [3.8, 4) is 5.75 Å². The zero-order valence-corrected chi connectivity index (χ0v) is 28.4. The molecule has 1 fully saturated rings. The Kier molecular flexibility index (Phi) is 10.5. The number of ether oxygens (including phenoxy) is 2. The number of carbonyl (C=O) groups excluding carboxylic acids is 1. The minimum Gasteiger partial charge on any atom is -0.491 e. The first-order valence-corrected chi connectivity index (χ1v) is 18.2. The van der Waals surface area contributed by atoms with E-state index in [0.29, 0.717) is 35.2 Å². The molecule has 5 nitrogen and oxygen atoms in total. The lowest BCUT2D eigenvalue weighted by molar-refractivity contribution is -0.118. The molecule has 0 saturated heterocycles. The molecule has 5 rings (SSSR count). The van der Waals surface area contributed by atoms with Crippen molar-refractivity contribution in [2.75, 3.05) is 31.7 Å². The van der Waals surface area contributed by atoms with Gasteiger partial charge in [0.2, 0.25) is 0 Å². The smallest absolute Gasteiger partial charge is 0.260 e. The minimum atomic E-state index is -0.481. The maximum Gasteiger partial charge on any atom is 0.260 e. The summed E-state index contributed by atoms with van der Waals surface area (Å²) in [7, 11) is 1.45. The molecule has 0 radical (unpaired) electrons. The third-order valence-electron chi connectivity index (χ3n) is 10.8. The Balaban J connectivity index is 1.55. The molecule has 0 aromatic heterocycles. The van der Waals surface area contributed by atoms with Crippen LogP contribution in [-0.4, -0.2) is 49.4 Å². The molecule has 3 aliphatic rings. The number of anilines is 1. The summed E-state index contributed by atoms with van der Waals surface area (Å²) in [6, 6.07) is 12.3. The quantitative estimate of drug-likeness (QED) is 0.338. The molecular formula is C36H51ClN2O3S. The Morgan fingerprint density at radius 1 is 1.14 bits per heavy atom. The van der Waals surface area contributed by atoms with Crippen molar-refractivity contribution < 1.29 is 14.3 Å². The number of carbonyl (C=O) groups is 1. The van der Waals surface area contributed by atoms with E-state index in [0.717, 1.165) is 68.1 Å². The largest absolute Gasteiger partial charge is 0.491 e. The standard InChI is InChI=1S/C36H51ClN2O3S/c1-7-10-26-19-30(37)14-15-31(26)29-22-39-21-28-12-16-32(28)36(8-2,41-5)18-9-11-24(3)25(4)43(6)38-35(40)27-13-17-34(42-23-29)33(39)20-27/h13-15,17,19-20,24-25,28-29,32H,6-12,16,18,21-23H2,1-5H3,(H,38,40). The molecular weight excluding hydrogens is 576 g/mol. The van der Waals surface area contributed by atoms with Crippen LogP contribution in [0.1, 0.15) is 100 Å². The first-order chi connectivity index (χ1) is 20.7. The lowest BCUT2D eigenvalue weighted by atomic mass is 9.62. The Hall–Kier alpha value is -2.02. The molecule has 7 atom stereocenters. The number of benzene rings is 2. The van der Waals surface area contributed by atoms with Crippen molar-refractivity contribution in [3.05, 3.63) is 58.1 Å². The predicted octanol–water partition coefficient (Wildman–Crippen LogP) is 8.65. The van der Waals surface area contributed by atoms with Crippen LogP contribution in [0, 0.1) is 17.8 Å². The van der Waals surface area contributed by atoms with Gasteiger partial charge in [-0.25, -0.2) is 0 Å². The molecule has 2 aliphatic heterocycles. The van der Waals surface area contributed by atoms with Crippen LogP contribution in [0.5, 0.6) is 5.75 Å². The van der Waals surface area contributed by atoms with E-state index in [2.05, 4.69) is 61.4 Å². The van der Waals surface area contributed by atoms with Gasteiger partial charge in [-0.3, -0.25) is 4.79 Å². The zero-order chi connectivity index (χ0) is 30.7. The van der Waals surface area contributed by atoms with Crippen molar-refractivity contribution in [1.29, 1.82) is 0 Å². The summed E-state index contributed by atoms with van der Waals surface area (Å²) in [6.45, 7) is 11.4. The summed E-state index contributed by atoms with van der Waals surface area (Å²) in [5, 5.41) is 1.08. The number of fused-ring (bicyclic) bond motifs is 2. The van der Waals surface area contributed by atoms with Crippen molar-refractivity contribution in [3.63, 3.8) is 0 Å². The van der Waals surface area contributed by atoms with E-state index in [1.807, 2.05) is 25.3 Å². The van der Waals surface area contributed by atoms with Crippen LogP contribution >= 0.6 is 22.3 Å². The summed E-state index contributed by atoms with van der Waals surface area (Å²) >= 11 is 6.45. The number of rotatable bonds is 5. The predicted molar refractivity (Wildman–Crippen MR) is 183 cm³/mol. The second kappa shape index (κ2) is 14.0. The Bertz CT molecular complexity index is 1310. The first kappa shape index (κ1) is 32.4. The van der Waals surface area contributed by atoms with Crippen LogP contribution in [0.4, 0.5) is 5.69 Å². The zero-order valence-electron chi connectivity index (χ0n) is 26.8. The van der Waals surface area contributed by atoms with Crippen LogP contribution in [-0.2, 0) is 11.2 Å². The first-order valence-electron chi connectivity index (χ1n) is 16.4. The molecule has 1 saturated carbocycles. The highest BCUT2D eigenvalue weighted by atomic mass is 35.5. The second-order valence-corrected chi connectivity index (χ2v) is 15.4. The maximum absolute atomic E-state index is 13.5. The number of nitrogens with zero attached hydrogens (tertiary/aromatic N) is 1. The molecule has 1 N–H and O–H groups in total. The number of hydrogen-bond acceptors (Lipinski definition) is 4. The van der Waals surface area contributed by atoms with Crippen LogP contribution in [0.2, 0.25) is 5.02 Å². The van der Waals surface area contributed by atoms with Gasteiger partial charge in [-0.15, -0.1) is 0 Å². The number of nitrogens with one attached hydrogen (secondary N) is 1. The highest BCUT2D eigenvalue weighted by Crippen LogP contribution is 2.49. The lowest BCUT2D eigenvalue weighted by Gasteiger charge is -2.51. The van der Waals surface area contributed by atoms with Crippen molar-refractivity contribution in [1.82, 2.24) is 4.72 Å². The molecule has 236 valence electrons. The normalized spacial score (nSPS) is 31.7. The topological polar surface area (TPSA) is 50.8 Å². The van der Waals surface area contributed by atoms with E-state index in [1.165, 1.54) is 24.0 Å². The Morgan fingerprint density at radius 3 is 2.65 bits per heavy atom. The molecule has 1 amide bonds. The summed E-state index contributed by atoms with van der Waals surface area (Å²) in [6.07, 6.45) is 8.81. The fraction of sp³-hybridized carbons (Fsp3) is 0.611. The molecule has 1 aliphatic carbocycles. The van der Waals surface area contributed by atoms with Gasteiger partial charge >= 0.3 is 0 Å². The Morgan fingerprint density at radius 2 is 1.95 bits per heavy atom. The number of methoxy groups -OCH3 is 1. The third-order valence-corrected chi connectivity index (χ3v) is 12.8. The molecule has 43 heavy (non-hydrogen) atoms. The minimum absolute atomic E-state index is 0.0538. The van der Waals surface area contributed by atoms with Gasteiger partial charge in [0, 0.05) is 42.0 Å². The van der Waals surface area contributed by atoms with Crippen molar-refractivity contribution in [2.45, 2.75) is 95.8 Å². The van der Waals surface area contributed by atoms with Crippen LogP contribution < -0.4 is 14.4 Å². The second-order valence-electron chi connectivity index (χ2n) is 13.2. The Labute approximate surface area is 267 Å². The summed E-state index contributed by atoms with van der Waals surface area (Å²) in [5.41, 5.74) is 4.21. The summed E-state index contributed by atoms with van der Waals surface area (Å²) in [5.74, 6) is 6.90. The van der Waals surface area contributed by atoms with E-state index in [4.69, 9.17) is 21.1 Å². The monoisotopic (exact) mass is 626 g/mol. The van der Waals surface area contributed by atoms with Crippen LogP contribution in [0.3, 0.4) is 0 Å². The molecule has 2 heterocycles. The molecule has 7 heteroatoms. The van der Waals surface area contributed by atoms with Gasteiger partial charge < -0.3 is 19.1 Å². The molecule has 2 bridgehead atoms. The van der Waals surface area contributed by atoms with Crippen LogP contribution in [0.25, 0.3) is 0 Å². The van der Waals surface area contributed by atoms with Gasteiger partial charge in [-0.05, 0) is 97.7 Å². The van der Waals surface area contributed by atoms with E-state index < -0.39 is 10.7 Å². The molecule has 7 unspecified atom stereocenters. The molecule has 2 aromatic carbocycles. The van der Waals surface area contributed by atoms with E-state index in [1.54, 1.807) is 0 Å². The van der Waals surface area contributed by atoms with E-state index in [9.17, 15) is 4.79 Å². The average molecular weight is 627 g/mol. The fourth-order valence-corrected chi connectivity index (χ4v) is 9.18. The van der Waals surface area contributed by atoms with E-state index in [-0.39, 0.29) is 17.4 Å². The third kappa shape index (κ3) is 6.82. The lowest BCUT2D eigenvalue weighted by Crippen LogP contribution is -2.52. The number of halogens is 1. The van der Waals surface area contributed by atoms with Crippen molar-refractivity contribution >= 4 is 39.7 Å². The van der Waals surface area contributed by atoms with Crippen molar-refractivity contribution in [2.24, 2.45) is 17.8 Å². The average Bonchev–Trinajstić information content (AvgIpc) is 3.17. The van der Waals surface area contributed by atoms with Gasteiger partial charge in [-0.1, -0.05) is 74.7 Å². The van der Waals surface area contributed by atoms with Gasteiger partial charge in [0.1, 0.15) is 5.75 Å². The number of amides is 1. The van der Waals surface area contributed by atoms with Gasteiger partial charge in [0.15, 0.2) is 0 Å². The van der Waals surface area contributed by atoms with Gasteiger partial charge in [-0.2, -0.15) is 0 Å². The molecule has 0 spiro atoms. The fourth-order valence-electron chi connectivity index (χ4n) is 7.75. The van der Waals surface area contributed by atoms with Crippen LogP contribution in [0.15, 0.2) is 36.4 Å². The highest BCUT2D eigenvalue weighted by Gasteiger charge is 2.47. The highest BCUT2D eigenvalue weighted by molar-refractivity contribution is 8.13.